The zero-order valence-corrected chi connectivity index (χ0v) is 11.9. The summed E-state index contributed by atoms with van der Waals surface area (Å²) in [6, 6.07) is 7.65. The first-order valence-electron chi connectivity index (χ1n) is 6.87. The van der Waals surface area contributed by atoms with E-state index in [0.717, 1.165) is 10.9 Å². The normalized spacial score (nSPS) is 10.4. The minimum atomic E-state index is -0.184. The van der Waals surface area contributed by atoms with E-state index in [9.17, 15) is 4.79 Å². The number of carbonyl (C=O) groups excluding carboxylic acids is 1. The number of hydrogen-bond donors (Lipinski definition) is 3. The van der Waals surface area contributed by atoms with E-state index in [1.807, 2.05) is 24.3 Å². The Bertz CT molecular complexity index is 617. The number of para-hydroxylation sites is 1. The summed E-state index contributed by atoms with van der Waals surface area (Å²) in [6.07, 6.45) is 1.05. The molecule has 1 aromatic carbocycles. The zero-order valence-electron chi connectivity index (χ0n) is 11.9. The van der Waals surface area contributed by atoms with E-state index in [0.29, 0.717) is 37.8 Å². The first kappa shape index (κ1) is 15.0. The van der Waals surface area contributed by atoms with E-state index in [-0.39, 0.29) is 5.97 Å². The molecule has 0 fully saturated rings. The maximum atomic E-state index is 11.3. The van der Waals surface area contributed by atoms with Crippen molar-refractivity contribution in [1.29, 1.82) is 0 Å². The number of esters is 1. The lowest BCUT2D eigenvalue weighted by Crippen LogP contribution is -2.13. The molecule has 0 aliphatic carbocycles. The standard InChI is InChI=1S/C14H19N5O2/c1-2-21-12(20)8-5-9-16-13-10-6-3-4-7-11(10)17-14(18-13)19-15/h3-4,6-7H,2,5,8-9,15H2,1H3,(H2,16,17,18,19). The molecular formula is C14H19N5O2. The Labute approximate surface area is 122 Å². The van der Waals surface area contributed by atoms with E-state index in [1.54, 1.807) is 6.92 Å². The molecule has 0 radical (unpaired) electrons. The third-order valence-corrected chi connectivity index (χ3v) is 2.89. The second-order valence-electron chi connectivity index (χ2n) is 4.39. The fourth-order valence-corrected chi connectivity index (χ4v) is 1.95. The molecule has 4 N–H and O–H groups in total. The van der Waals surface area contributed by atoms with Gasteiger partial charge < -0.3 is 10.1 Å². The maximum absolute atomic E-state index is 11.3. The second kappa shape index (κ2) is 7.39. The highest BCUT2D eigenvalue weighted by atomic mass is 16.5. The summed E-state index contributed by atoms with van der Waals surface area (Å²) in [5.74, 6) is 6.23. The molecule has 0 amide bonds. The van der Waals surface area contributed by atoms with Crippen LogP contribution in [0.3, 0.4) is 0 Å². The largest absolute Gasteiger partial charge is 0.466 e. The molecule has 0 aliphatic rings. The van der Waals surface area contributed by atoms with Crippen molar-refractivity contribution in [2.45, 2.75) is 19.8 Å². The van der Waals surface area contributed by atoms with Gasteiger partial charge in [0.05, 0.1) is 12.1 Å². The maximum Gasteiger partial charge on any atom is 0.305 e. The Balaban J connectivity index is 2.02. The fraction of sp³-hybridized carbons (Fsp3) is 0.357. The number of hydrogen-bond acceptors (Lipinski definition) is 7. The van der Waals surface area contributed by atoms with E-state index in [4.69, 9.17) is 10.6 Å². The monoisotopic (exact) mass is 289 g/mol. The molecule has 2 aromatic rings. The summed E-state index contributed by atoms with van der Waals surface area (Å²) >= 11 is 0. The Hall–Kier alpha value is -2.41. The number of hydrazine groups is 1. The van der Waals surface area contributed by atoms with Gasteiger partial charge in [-0.05, 0) is 25.5 Å². The van der Waals surface area contributed by atoms with Gasteiger partial charge in [-0.25, -0.2) is 10.8 Å². The Morgan fingerprint density at radius 2 is 2.14 bits per heavy atom. The predicted molar refractivity (Wildman–Crippen MR) is 81.7 cm³/mol. The van der Waals surface area contributed by atoms with Crippen LogP contribution in [0.4, 0.5) is 11.8 Å². The molecule has 0 spiro atoms. The Kier molecular flexibility index (Phi) is 5.28. The third-order valence-electron chi connectivity index (χ3n) is 2.89. The average molecular weight is 289 g/mol. The molecule has 112 valence electrons. The number of anilines is 2. The zero-order chi connectivity index (χ0) is 15.1. The van der Waals surface area contributed by atoms with Gasteiger partial charge in [0.1, 0.15) is 5.82 Å². The van der Waals surface area contributed by atoms with Gasteiger partial charge in [-0.3, -0.25) is 10.2 Å². The SMILES string of the molecule is CCOC(=O)CCCNc1nc(NN)nc2ccccc12. The topological polar surface area (TPSA) is 102 Å². The molecule has 0 atom stereocenters. The summed E-state index contributed by atoms with van der Waals surface area (Å²) in [5.41, 5.74) is 3.25. The summed E-state index contributed by atoms with van der Waals surface area (Å²) in [5, 5.41) is 4.12. The molecule has 0 saturated heterocycles. The van der Waals surface area contributed by atoms with E-state index >= 15 is 0 Å². The molecule has 1 heterocycles. The van der Waals surface area contributed by atoms with Gasteiger partial charge in [-0.15, -0.1) is 0 Å². The van der Waals surface area contributed by atoms with E-state index in [1.165, 1.54) is 0 Å². The van der Waals surface area contributed by atoms with Crippen molar-refractivity contribution in [3.63, 3.8) is 0 Å². The Morgan fingerprint density at radius 3 is 2.90 bits per heavy atom. The lowest BCUT2D eigenvalue weighted by atomic mass is 10.2. The number of nitrogens with zero attached hydrogens (tertiary/aromatic N) is 2. The summed E-state index contributed by atoms with van der Waals surface area (Å²) in [6.45, 7) is 2.82. The van der Waals surface area contributed by atoms with E-state index < -0.39 is 0 Å². The van der Waals surface area contributed by atoms with Crippen LogP contribution in [0.15, 0.2) is 24.3 Å². The van der Waals surface area contributed by atoms with Crippen molar-refractivity contribution in [3.05, 3.63) is 24.3 Å². The minimum Gasteiger partial charge on any atom is -0.466 e. The van der Waals surface area contributed by atoms with Gasteiger partial charge in [0.25, 0.3) is 0 Å². The fourth-order valence-electron chi connectivity index (χ4n) is 1.95. The number of ether oxygens (including phenoxy) is 1. The number of rotatable bonds is 7. The third kappa shape index (κ3) is 4.03. The number of nitrogens with one attached hydrogen (secondary N) is 2. The van der Waals surface area contributed by atoms with Crippen LogP contribution in [0.2, 0.25) is 0 Å². The Morgan fingerprint density at radius 1 is 1.33 bits per heavy atom. The van der Waals surface area contributed by atoms with Crippen molar-refractivity contribution >= 4 is 28.6 Å². The van der Waals surface area contributed by atoms with Crippen LogP contribution in [0.25, 0.3) is 10.9 Å². The van der Waals surface area contributed by atoms with Crippen LogP contribution in [0.5, 0.6) is 0 Å². The van der Waals surface area contributed by atoms with Crippen LogP contribution in [-0.2, 0) is 9.53 Å². The van der Waals surface area contributed by atoms with Crippen LogP contribution in [0, 0.1) is 0 Å². The smallest absolute Gasteiger partial charge is 0.305 e. The van der Waals surface area contributed by atoms with E-state index in [2.05, 4.69) is 20.7 Å². The van der Waals surface area contributed by atoms with Crippen LogP contribution < -0.4 is 16.6 Å². The molecular weight excluding hydrogens is 270 g/mol. The van der Waals surface area contributed by atoms with Gasteiger partial charge in [-0.1, -0.05) is 12.1 Å². The van der Waals surface area contributed by atoms with Crippen molar-refractivity contribution in [3.8, 4) is 0 Å². The highest BCUT2D eigenvalue weighted by Gasteiger charge is 2.07. The first-order valence-corrected chi connectivity index (χ1v) is 6.87. The van der Waals surface area contributed by atoms with Crippen LogP contribution in [-0.4, -0.2) is 29.1 Å². The molecule has 1 aromatic heterocycles. The highest BCUT2D eigenvalue weighted by molar-refractivity contribution is 5.89. The van der Waals surface area contributed by atoms with Gasteiger partial charge >= 0.3 is 5.97 Å². The predicted octanol–water partition coefficient (Wildman–Crippen LogP) is 1.67. The molecule has 0 bridgehead atoms. The van der Waals surface area contributed by atoms with Crippen molar-refractivity contribution < 1.29 is 9.53 Å². The second-order valence-corrected chi connectivity index (χ2v) is 4.39. The average Bonchev–Trinajstić information content (AvgIpc) is 2.51. The number of nitrogens with two attached hydrogens (primary N) is 1. The molecule has 0 saturated carbocycles. The molecule has 2 rings (SSSR count). The molecule has 0 unspecified atom stereocenters. The van der Waals surface area contributed by atoms with Crippen molar-refractivity contribution in [2.75, 3.05) is 23.9 Å². The minimum absolute atomic E-state index is 0.184. The van der Waals surface area contributed by atoms with Crippen molar-refractivity contribution in [2.24, 2.45) is 5.84 Å². The highest BCUT2D eigenvalue weighted by Crippen LogP contribution is 2.21. The van der Waals surface area contributed by atoms with Gasteiger partial charge in [0.2, 0.25) is 5.95 Å². The summed E-state index contributed by atoms with van der Waals surface area (Å²) in [4.78, 5) is 19.8. The van der Waals surface area contributed by atoms with Crippen molar-refractivity contribution in [1.82, 2.24) is 9.97 Å². The summed E-state index contributed by atoms with van der Waals surface area (Å²) in [7, 11) is 0. The number of carbonyl (C=O) groups is 1. The number of nitrogen functional groups attached to an aromatic ring is 1. The summed E-state index contributed by atoms with van der Waals surface area (Å²) < 4.78 is 4.88. The van der Waals surface area contributed by atoms with Gasteiger partial charge in [-0.2, -0.15) is 4.98 Å². The molecule has 7 heteroatoms. The van der Waals surface area contributed by atoms with Crippen LogP contribution in [0.1, 0.15) is 19.8 Å². The lowest BCUT2D eigenvalue weighted by Gasteiger charge is -2.10. The number of fused-ring (bicyclic) bond motifs is 1. The quantitative estimate of drug-likeness (QED) is 0.308. The molecule has 7 nitrogen and oxygen atoms in total. The molecule has 0 aliphatic heterocycles. The number of aromatic nitrogens is 2. The van der Waals surface area contributed by atoms with Gasteiger partial charge in [0, 0.05) is 18.4 Å². The first-order chi connectivity index (χ1) is 10.2. The van der Waals surface area contributed by atoms with Crippen LogP contribution >= 0.6 is 0 Å². The lowest BCUT2D eigenvalue weighted by molar-refractivity contribution is -0.143. The molecule has 21 heavy (non-hydrogen) atoms. The van der Waals surface area contributed by atoms with Gasteiger partial charge in [0.15, 0.2) is 0 Å². The number of benzene rings is 1.